The summed E-state index contributed by atoms with van der Waals surface area (Å²) in [5.74, 6) is 1.87. The molecule has 0 fully saturated rings. The monoisotopic (exact) mass is 371 g/mol. The van der Waals surface area contributed by atoms with Crippen LogP contribution in [-0.4, -0.2) is 32.3 Å². The number of carbonyl (C=O) groups is 1. The standard InChI is InChI=1S/C22H29NO4/c1-4-7-17-8-11-19(12-9-17)27-15-14-23-22(24)18-10-13-20(25-5-2)21(16-18)26-6-3/h8-13,16H,4-7,14-15H2,1-3H3,(H,23,24). The zero-order valence-electron chi connectivity index (χ0n) is 16.4. The lowest BCUT2D eigenvalue weighted by Gasteiger charge is -2.13. The lowest BCUT2D eigenvalue weighted by molar-refractivity contribution is 0.0946. The Kier molecular flexibility index (Phi) is 8.49. The van der Waals surface area contributed by atoms with Crippen molar-refractivity contribution in [3.8, 4) is 17.2 Å². The van der Waals surface area contributed by atoms with Gasteiger partial charge in [-0.2, -0.15) is 0 Å². The Labute approximate surface area is 161 Å². The summed E-state index contributed by atoms with van der Waals surface area (Å²) in [5, 5.41) is 2.86. The van der Waals surface area contributed by atoms with Gasteiger partial charge in [-0.3, -0.25) is 4.79 Å². The maximum absolute atomic E-state index is 12.3. The third kappa shape index (κ3) is 6.51. The zero-order valence-corrected chi connectivity index (χ0v) is 16.4. The van der Waals surface area contributed by atoms with Crippen molar-refractivity contribution in [1.82, 2.24) is 5.32 Å². The van der Waals surface area contributed by atoms with Gasteiger partial charge in [0.1, 0.15) is 12.4 Å². The van der Waals surface area contributed by atoms with Gasteiger partial charge in [0, 0.05) is 5.56 Å². The molecule has 0 aliphatic rings. The number of ether oxygens (including phenoxy) is 3. The zero-order chi connectivity index (χ0) is 19.5. The average Bonchev–Trinajstić information content (AvgIpc) is 2.68. The summed E-state index contributed by atoms with van der Waals surface area (Å²) in [6.45, 7) is 7.86. The fourth-order valence-electron chi connectivity index (χ4n) is 2.67. The van der Waals surface area contributed by atoms with Crippen molar-refractivity contribution in [3.63, 3.8) is 0 Å². The van der Waals surface area contributed by atoms with E-state index in [9.17, 15) is 4.79 Å². The van der Waals surface area contributed by atoms with E-state index in [1.807, 2.05) is 26.0 Å². The van der Waals surface area contributed by atoms with Crippen molar-refractivity contribution in [1.29, 1.82) is 0 Å². The van der Waals surface area contributed by atoms with Crippen LogP contribution in [0.25, 0.3) is 0 Å². The Morgan fingerprint density at radius 3 is 2.26 bits per heavy atom. The van der Waals surface area contributed by atoms with Crippen LogP contribution in [0, 0.1) is 0 Å². The summed E-state index contributed by atoms with van der Waals surface area (Å²) in [6.07, 6.45) is 2.20. The second-order valence-electron chi connectivity index (χ2n) is 6.03. The van der Waals surface area contributed by atoms with Gasteiger partial charge in [-0.05, 0) is 56.2 Å². The van der Waals surface area contributed by atoms with Crippen LogP contribution in [0.3, 0.4) is 0 Å². The van der Waals surface area contributed by atoms with Gasteiger partial charge in [-0.1, -0.05) is 25.5 Å². The molecule has 0 unspecified atom stereocenters. The van der Waals surface area contributed by atoms with Crippen molar-refractivity contribution in [3.05, 3.63) is 53.6 Å². The average molecular weight is 371 g/mol. The van der Waals surface area contributed by atoms with Crippen LogP contribution in [0.2, 0.25) is 0 Å². The fraction of sp³-hybridized carbons (Fsp3) is 0.409. The Morgan fingerprint density at radius 2 is 1.59 bits per heavy atom. The van der Waals surface area contributed by atoms with E-state index in [0.29, 0.717) is 43.4 Å². The second kappa shape index (κ2) is 11.1. The molecule has 1 N–H and O–H groups in total. The van der Waals surface area contributed by atoms with E-state index in [1.54, 1.807) is 18.2 Å². The molecule has 146 valence electrons. The Hall–Kier alpha value is -2.69. The van der Waals surface area contributed by atoms with Gasteiger partial charge in [0.05, 0.1) is 19.8 Å². The number of hydrogen-bond donors (Lipinski definition) is 1. The Balaban J connectivity index is 1.83. The summed E-state index contributed by atoms with van der Waals surface area (Å²) in [6, 6.07) is 13.3. The Morgan fingerprint density at radius 1 is 0.889 bits per heavy atom. The molecule has 1 amide bonds. The molecule has 0 spiro atoms. The molecular weight excluding hydrogens is 342 g/mol. The van der Waals surface area contributed by atoms with Crippen molar-refractivity contribution in [2.45, 2.75) is 33.6 Å². The van der Waals surface area contributed by atoms with Crippen molar-refractivity contribution >= 4 is 5.91 Å². The van der Waals surface area contributed by atoms with Gasteiger partial charge >= 0.3 is 0 Å². The lowest BCUT2D eigenvalue weighted by atomic mass is 10.1. The summed E-state index contributed by atoms with van der Waals surface area (Å²) < 4.78 is 16.8. The van der Waals surface area contributed by atoms with Gasteiger partial charge in [0.15, 0.2) is 11.5 Å². The SMILES string of the molecule is CCCc1ccc(OCCNC(=O)c2ccc(OCC)c(OCC)c2)cc1. The molecular formula is C22H29NO4. The molecule has 0 aromatic heterocycles. The fourth-order valence-corrected chi connectivity index (χ4v) is 2.67. The number of benzene rings is 2. The van der Waals surface area contributed by atoms with E-state index < -0.39 is 0 Å². The summed E-state index contributed by atoms with van der Waals surface area (Å²) in [4.78, 5) is 12.3. The predicted octanol–water partition coefficient (Wildman–Crippen LogP) is 4.25. The topological polar surface area (TPSA) is 56.8 Å². The molecule has 0 bridgehead atoms. The second-order valence-corrected chi connectivity index (χ2v) is 6.03. The van der Waals surface area contributed by atoms with Crippen LogP contribution in [0.5, 0.6) is 17.2 Å². The highest BCUT2D eigenvalue weighted by Gasteiger charge is 2.11. The van der Waals surface area contributed by atoms with Gasteiger partial charge in [0.2, 0.25) is 0 Å². The lowest BCUT2D eigenvalue weighted by Crippen LogP contribution is -2.28. The van der Waals surface area contributed by atoms with Crippen LogP contribution < -0.4 is 19.5 Å². The number of aryl methyl sites for hydroxylation is 1. The van der Waals surface area contributed by atoms with E-state index in [-0.39, 0.29) is 5.91 Å². The molecule has 5 nitrogen and oxygen atoms in total. The molecule has 5 heteroatoms. The van der Waals surface area contributed by atoms with Crippen molar-refractivity contribution in [2.75, 3.05) is 26.4 Å². The summed E-state index contributed by atoms with van der Waals surface area (Å²) in [7, 11) is 0. The van der Waals surface area contributed by atoms with Gasteiger partial charge < -0.3 is 19.5 Å². The van der Waals surface area contributed by atoms with Gasteiger partial charge in [-0.25, -0.2) is 0 Å². The number of amides is 1. The number of hydrogen-bond acceptors (Lipinski definition) is 4. The van der Waals surface area contributed by atoms with Crippen LogP contribution in [0.4, 0.5) is 0 Å². The largest absolute Gasteiger partial charge is 0.492 e. The summed E-state index contributed by atoms with van der Waals surface area (Å²) >= 11 is 0. The van der Waals surface area contributed by atoms with Gasteiger partial charge in [-0.15, -0.1) is 0 Å². The molecule has 2 aromatic carbocycles. The maximum Gasteiger partial charge on any atom is 0.251 e. The van der Waals surface area contributed by atoms with Crippen LogP contribution >= 0.6 is 0 Å². The van der Waals surface area contributed by atoms with E-state index in [1.165, 1.54) is 5.56 Å². The minimum absolute atomic E-state index is 0.166. The molecule has 0 aliphatic carbocycles. The molecule has 0 aliphatic heterocycles. The van der Waals surface area contributed by atoms with Crippen molar-refractivity contribution < 1.29 is 19.0 Å². The number of carbonyl (C=O) groups excluding carboxylic acids is 1. The molecule has 0 radical (unpaired) electrons. The summed E-state index contributed by atoms with van der Waals surface area (Å²) in [5.41, 5.74) is 1.84. The third-order valence-corrected chi connectivity index (χ3v) is 3.92. The predicted molar refractivity (Wildman–Crippen MR) is 107 cm³/mol. The molecule has 0 heterocycles. The first-order valence-electron chi connectivity index (χ1n) is 9.57. The van der Waals surface area contributed by atoms with E-state index in [2.05, 4.69) is 24.4 Å². The maximum atomic E-state index is 12.3. The Bertz CT molecular complexity index is 713. The number of nitrogens with one attached hydrogen (secondary N) is 1. The molecule has 2 aromatic rings. The third-order valence-electron chi connectivity index (χ3n) is 3.92. The van der Waals surface area contributed by atoms with Crippen LogP contribution in [0.15, 0.2) is 42.5 Å². The van der Waals surface area contributed by atoms with E-state index in [0.717, 1.165) is 18.6 Å². The molecule has 0 atom stereocenters. The highest BCUT2D eigenvalue weighted by atomic mass is 16.5. The molecule has 27 heavy (non-hydrogen) atoms. The minimum atomic E-state index is -0.166. The van der Waals surface area contributed by atoms with E-state index >= 15 is 0 Å². The van der Waals surface area contributed by atoms with Gasteiger partial charge in [0.25, 0.3) is 5.91 Å². The minimum Gasteiger partial charge on any atom is -0.492 e. The highest BCUT2D eigenvalue weighted by Crippen LogP contribution is 2.28. The smallest absolute Gasteiger partial charge is 0.251 e. The normalized spacial score (nSPS) is 10.3. The molecule has 0 saturated carbocycles. The number of rotatable bonds is 11. The molecule has 0 saturated heterocycles. The van der Waals surface area contributed by atoms with Crippen LogP contribution in [-0.2, 0) is 6.42 Å². The first kappa shape index (κ1) is 20.6. The first-order valence-corrected chi connectivity index (χ1v) is 9.57. The first-order chi connectivity index (χ1) is 13.2. The van der Waals surface area contributed by atoms with E-state index in [4.69, 9.17) is 14.2 Å². The van der Waals surface area contributed by atoms with Crippen molar-refractivity contribution in [2.24, 2.45) is 0 Å². The quantitative estimate of drug-likeness (QED) is 0.600. The van der Waals surface area contributed by atoms with Crippen LogP contribution in [0.1, 0.15) is 43.1 Å². The highest BCUT2D eigenvalue weighted by molar-refractivity contribution is 5.94. The molecule has 2 rings (SSSR count).